The smallest absolute Gasteiger partial charge is 0.387 e. The maximum absolute atomic E-state index is 12.7. The summed E-state index contributed by atoms with van der Waals surface area (Å²) in [6.45, 7) is 3.01. The Morgan fingerprint density at radius 3 is 2.47 bits per heavy atom. The maximum atomic E-state index is 12.7. The second-order valence-corrected chi connectivity index (χ2v) is 9.22. The third kappa shape index (κ3) is 3.92. The topological polar surface area (TPSA) is 82.4 Å². The number of rotatable bonds is 7. The molecule has 1 aliphatic heterocycles. The van der Waals surface area contributed by atoms with Crippen molar-refractivity contribution in [1.82, 2.24) is 4.90 Å². The third-order valence-electron chi connectivity index (χ3n) is 5.39. The largest absolute Gasteiger partial charge is 0.439 e. The fourth-order valence-corrected chi connectivity index (χ4v) is 4.66. The molecule has 2 aliphatic rings. The highest BCUT2D eigenvalue weighted by atomic mass is 32.2. The van der Waals surface area contributed by atoms with E-state index in [2.05, 4.69) is 15.5 Å². The fraction of sp³-hybridized carbons (Fsp3) is 0.381. The van der Waals surface area contributed by atoms with Crippen LogP contribution in [0.2, 0.25) is 0 Å². The Bertz CT molecular complexity index is 1070. The van der Waals surface area contributed by atoms with Gasteiger partial charge in [0.05, 0.1) is 22.6 Å². The SMILES string of the molecule is CCN1C(c2ccc(NS(=O)(=O)CC)cc2)=C(C#N)C2=CC=C(OC(F)F)CC21C. The van der Waals surface area contributed by atoms with Gasteiger partial charge in [0.2, 0.25) is 10.0 Å². The summed E-state index contributed by atoms with van der Waals surface area (Å²) in [6.07, 6.45) is 3.36. The highest BCUT2D eigenvalue weighted by Gasteiger charge is 2.47. The lowest BCUT2D eigenvalue weighted by Gasteiger charge is -2.41. The number of benzene rings is 1. The van der Waals surface area contributed by atoms with Crippen molar-refractivity contribution in [1.29, 1.82) is 5.26 Å². The van der Waals surface area contributed by atoms with E-state index in [9.17, 15) is 22.5 Å². The van der Waals surface area contributed by atoms with Crippen LogP contribution in [0.5, 0.6) is 0 Å². The van der Waals surface area contributed by atoms with Crippen LogP contribution in [0.3, 0.4) is 0 Å². The molecule has 1 unspecified atom stereocenters. The Balaban J connectivity index is 2.02. The van der Waals surface area contributed by atoms with E-state index in [0.717, 1.165) is 11.1 Å². The number of alkyl halides is 2. The number of sulfonamides is 1. The molecule has 1 aromatic rings. The number of anilines is 1. The van der Waals surface area contributed by atoms with Gasteiger partial charge in [0.15, 0.2) is 0 Å². The van der Waals surface area contributed by atoms with Crippen molar-refractivity contribution in [3.63, 3.8) is 0 Å². The first-order valence-electron chi connectivity index (χ1n) is 9.54. The molecule has 0 fully saturated rings. The van der Waals surface area contributed by atoms with E-state index in [1.54, 1.807) is 37.3 Å². The fourth-order valence-electron chi connectivity index (χ4n) is 4.02. The van der Waals surface area contributed by atoms with E-state index in [0.29, 0.717) is 23.5 Å². The molecular formula is C21H23F2N3O3S. The van der Waals surface area contributed by atoms with Crippen LogP contribution >= 0.6 is 0 Å². The van der Waals surface area contributed by atoms with Crippen LogP contribution < -0.4 is 4.72 Å². The van der Waals surface area contributed by atoms with Crippen molar-refractivity contribution in [2.75, 3.05) is 17.0 Å². The van der Waals surface area contributed by atoms with E-state index in [-0.39, 0.29) is 17.9 Å². The van der Waals surface area contributed by atoms with Gasteiger partial charge < -0.3 is 9.64 Å². The van der Waals surface area contributed by atoms with Gasteiger partial charge in [-0.05, 0) is 50.1 Å². The minimum absolute atomic E-state index is 0.0371. The summed E-state index contributed by atoms with van der Waals surface area (Å²) in [6, 6.07) is 9.03. The molecule has 6 nitrogen and oxygen atoms in total. The number of likely N-dealkylation sites (N-methyl/N-ethyl adjacent to an activating group) is 1. The van der Waals surface area contributed by atoms with Gasteiger partial charge in [-0.15, -0.1) is 0 Å². The van der Waals surface area contributed by atoms with Crippen LogP contribution in [0.25, 0.3) is 5.70 Å². The number of nitriles is 1. The Morgan fingerprint density at radius 1 is 1.27 bits per heavy atom. The van der Waals surface area contributed by atoms with Gasteiger partial charge in [-0.2, -0.15) is 14.0 Å². The average molecular weight is 435 g/mol. The highest BCUT2D eigenvalue weighted by molar-refractivity contribution is 7.92. The minimum atomic E-state index is -3.39. The first-order chi connectivity index (χ1) is 14.1. The Morgan fingerprint density at radius 2 is 1.93 bits per heavy atom. The summed E-state index contributed by atoms with van der Waals surface area (Å²) in [4.78, 5) is 2.00. The molecular weight excluding hydrogens is 412 g/mol. The molecule has 3 rings (SSSR count). The number of hydrogen-bond acceptors (Lipinski definition) is 5. The zero-order valence-electron chi connectivity index (χ0n) is 16.9. The molecule has 1 N–H and O–H groups in total. The van der Waals surface area contributed by atoms with E-state index in [1.807, 2.05) is 18.7 Å². The van der Waals surface area contributed by atoms with Crippen LogP contribution in [-0.2, 0) is 14.8 Å². The summed E-state index contributed by atoms with van der Waals surface area (Å²) in [5.41, 5.74) is 2.37. The highest BCUT2D eigenvalue weighted by Crippen LogP contribution is 2.50. The van der Waals surface area contributed by atoms with E-state index < -0.39 is 22.2 Å². The Hall–Kier alpha value is -2.86. The molecule has 1 atom stereocenters. The van der Waals surface area contributed by atoms with Gasteiger partial charge in [0.25, 0.3) is 0 Å². The lowest BCUT2D eigenvalue weighted by molar-refractivity contribution is -0.101. The van der Waals surface area contributed by atoms with Crippen LogP contribution in [0.15, 0.2) is 53.3 Å². The minimum Gasteiger partial charge on any atom is -0.439 e. The first kappa shape index (κ1) is 21.8. The van der Waals surface area contributed by atoms with Crippen molar-refractivity contribution < 1.29 is 21.9 Å². The van der Waals surface area contributed by atoms with Crippen LogP contribution in [-0.4, -0.2) is 37.8 Å². The molecule has 1 aromatic carbocycles. The van der Waals surface area contributed by atoms with Crippen molar-refractivity contribution in [2.24, 2.45) is 0 Å². The predicted octanol–water partition coefficient (Wildman–Crippen LogP) is 4.23. The van der Waals surface area contributed by atoms with Gasteiger partial charge in [0.1, 0.15) is 11.8 Å². The molecule has 30 heavy (non-hydrogen) atoms. The Kier molecular flexibility index (Phi) is 5.90. The summed E-state index contributed by atoms with van der Waals surface area (Å²) in [7, 11) is -3.39. The molecule has 0 bridgehead atoms. The number of ether oxygens (including phenoxy) is 1. The van der Waals surface area contributed by atoms with Gasteiger partial charge in [-0.25, -0.2) is 8.42 Å². The van der Waals surface area contributed by atoms with Crippen LogP contribution in [0.4, 0.5) is 14.5 Å². The van der Waals surface area contributed by atoms with Crippen molar-refractivity contribution in [3.8, 4) is 6.07 Å². The number of fused-ring (bicyclic) bond motifs is 1. The third-order valence-corrected chi connectivity index (χ3v) is 6.69. The van der Waals surface area contributed by atoms with E-state index in [4.69, 9.17) is 0 Å². The second kappa shape index (κ2) is 8.11. The molecule has 1 aliphatic carbocycles. The summed E-state index contributed by atoms with van der Waals surface area (Å²) >= 11 is 0. The molecule has 0 radical (unpaired) electrons. The summed E-state index contributed by atoms with van der Waals surface area (Å²) < 4.78 is 56.1. The summed E-state index contributed by atoms with van der Waals surface area (Å²) in [5.74, 6) is 0.127. The van der Waals surface area contributed by atoms with Crippen LogP contribution in [0.1, 0.15) is 32.8 Å². The summed E-state index contributed by atoms with van der Waals surface area (Å²) in [5, 5.41) is 9.88. The normalized spacial score (nSPS) is 21.2. The molecule has 0 spiro atoms. The number of nitrogens with zero attached hydrogens (tertiary/aromatic N) is 2. The van der Waals surface area contributed by atoms with Gasteiger partial charge in [0, 0.05) is 18.7 Å². The van der Waals surface area contributed by atoms with Gasteiger partial charge in [-0.3, -0.25) is 4.72 Å². The standard InChI is InChI=1S/C21H23F2N3O3S/c1-4-26-19(14-6-8-15(9-7-14)25-30(27,28)5-2)17(13-24)18-11-10-16(29-20(22)23)12-21(18,26)3/h6-11,20,25H,4-5,12H2,1-3H3. The zero-order chi connectivity index (χ0) is 22.1. The monoisotopic (exact) mass is 435 g/mol. The van der Waals surface area contributed by atoms with Crippen molar-refractivity contribution in [3.05, 3.63) is 58.9 Å². The second-order valence-electron chi connectivity index (χ2n) is 7.20. The lowest BCUT2D eigenvalue weighted by atomic mass is 9.82. The molecule has 0 saturated heterocycles. The van der Waals surface area contributed by atoms with Crippen molar-refractivity contribution >= 4 is 21.4 Å². The molecule has 1 heterocycles. The molecule has 0 aromatic heterocycles. The predicted molar refractivity (Wildman–Crippen MR) is 111 cm³/mol. The molecule has 0 saturated carbocycles. The zero-order valence-corrected chi connectivity index (χ0v) is 17.8. The number of allylic oxidation sites excluding steroid dienone is 2. The van der Waals surface area contributed by atoms with Gasteiger partial charge in [-0.1, -0.05) is 18.2 Å². The van der Waals surface area contributed by atoms with Gasteiger partial charge >= 0.3 is 6.61 Å². The van der Waals surface area contributed by atoms with Crippen molar-refractivity contribution in [2.45, 2.75) is 39.3 Å². The van der Waals surface area contributed by atoms with E-state index in [1.165, 1.54) is 6.08 Å². The quantitative estimate of drug-likeness (QED) is 0.693. The number of hydrogen-bond donors (Lipinski definition) is 1. The Labute approximate surface area is 175 Å². The van der Waals surface area contributed by atoms with Crippen LogP contribution in [0, 0.1) is 11.3 Å². The number of nitrogens with one attached hydrogen (secondary N) is 1. The lowest BCUT2D eigenvalue weighted by Crippen LogP contribution is -2.44. The molecule has 160 valence electrons. The molecule has 9 heteroatoms. The number of halogens is 2. The molecule has 0 amide bonds. The maximum Gasteiger partial charge on any atom is 0.387 e. The van der Waals surface area contributed by atoms with E-state index >= 15 is 0 Å². The first-order valence-corrected chi connectivity index (χ1v) is 11.2. The average Bonchev–Trinajstić information content (AvgIpc) is 2.94.